The molecule has 2 amide bonds. The Hall–Kier alpha value is -2.34. The van der Waals surface area contributed by atoms with Crippen molar-refractivity contribution in [1.82, 2.24) is 9.78 Å². The predicted molar refractivity (Wildman–Crippen MR) is 81.4 cm³/mol. The van der Waals surface area contributed by atoms with Crippen molar-refractivity contribution in [3.8, 4) is 5.69 Å². The van der Waals surface area contributed by atoms with Crippen molar-refractivity contribution in [3.63, 3.8) is 0 Å². The van der Waals surface area contributed by atoms with E-state index in [0.29, 0.717) is 5.82 Å². The number of nitrogens with two attached hydrogens (primary N) is 1. The third-order valence-corrected chi connectivity index (χ3v) is 3.09. The molecular weight excluding hydrogens is 268 g/mol. The Bertz CT molecular complexity index is 639. The summed E-state index contributed by atoms with van der Waals surface area (Å²) in [7, 11) is 0. The number of hydrogen-bond acceptors (Lipinski definition) is 3. The third kappa shape index (κ3) is 3.41. The van der Waals surface area contributed by atoms with Gasteiger partial charge < -0.3 is 10.8 Å². The van der Waals surface area contributed by atoms with Crippen LogP contribution in [0.4, 0.5) is 10.6 Å². The average molecular weight is 288 g/mol. The first kappa shape index (κ1) is 15.1. The zero-order valence-electron chi connectivity index (χ0n) is 12.4. The molecule has 6 nitrogen and oxygen atoms in total. The zero-order chi connectivity index (χ0) is 15.6. The van der Waals surface area contributed by atoms with Gasteiger partial charge in [0.25, 0.3) is 0 Å². The van der Waals surface area contributed by atoms with Gasteiger partial charge in [-0.1, -0.05) is 32.9 Å². The minimum absolute atomic E-state index is 0.0149. The molecule has 1 heterocycles. The van der Waals surface area contributed by atoms with E-state index in [1.807, 2.05) is 51.1 Å². The smallest absolute Gasteiger partial charge is 0.317 e. The molecule has 0 radical (unpaired) electrons. The molecule has 1 aromatic heterocycles. The summed E-state index contributed by atoms with van der Waals surface area (Å²) in [6, 6.07) is 8.45. The standard InChI is InChI=1S/C15H20N4O2/c1-15(2,3)12-8-13(17-14(16)21)19(18-12)11-6-4-10(9-20)5-7-11/h4-8,20H,9H2,1-3H3,(H3,16,17,21). The second-order valence-corrected chi connectivity index (χ2v) is 5.89. The van der Waals surface area contributed by atoms with E-state index in [1.165, 1.54) is 0 Å². The van der Waals surface area contributed by atoms with Crippen molar-refractivity contribution in [3.05, 3.63) is 41.6 Å². The second kappa shape index (κ2) is 5.57. The molecule has 0 atom stereocenters. The third-order valence-electron chi connectivity index (χ3n) is 3.09. The summed E-state index contributed by atoms with van der Waals surface area (Å²) in [5, 5.41) is 16.2. The summed E-state index contributed by atoms with van der Waals surface area (Å²) in [5.41, 5.74) is 7.50. The molecule has 0 fully saturated rings. The number of aliphatic hydroxyl groups excluding tert-OH is 1. The lowest BCUT2D eigenvalue weighted by Crippen LogP contribution is -2.21. The monoisotopic (exact) mass is 288 g/mol. The van der Waals surface area contributed by atoms with Crippen LogP contribution in [0.25, 0.3) is 5.69 Å². The molecule has 0 aliphatic rings. The molecule has 0 bridgehead atoms. The fourth-order valence-electron chi connectivity index (χ4n) is 1.90. The number of amides is 2. The topological polar surface area (TPSA) is 93.2 Å². The summed E-state index contributed by atoms with van der Waals surface area (Å²) >= 11 is 0. The van der Waals surface area contributed by atoms with E-state index in [-0.39, 0.29) is 12.0 Å². The molecule has 0 spiro atoms. The van der Waals surface area contributed by atoms with Crippen LogP contribution in [-0.4, -0.2) is 20.9 Å². The summed E-state index contributed by atoms with van der Waals surface area (Å²) < 4.78 is 1.63. The van der Waals surface area contributed by atoms with Gasteiger partial charge in [-0.3, -0.25) is 5.32 Å². The van der Waals surface area contributed by atoms with E-state index in [2.05, 4.69) is 10.4 Å². The van der Waals surface area contributed by atoms with Crippen LogP contribution in [0.15, 0.2) is 30.3 Å². The highest BCUT2D eigenvalue weighted by Crippen LogP contribution is 2.26. The number of aromatic nitrogens is 2. The van der Waals surface area contributed by atoms with Gasteiger partial charge in [0, 0.05) is 11.5 Å². The maximum atomic E-state index is 11.1. The first-order valence-electron chi connectivity index (χ1n) is 6.68. The second-order valence-electron chi connectivity index (χ2n) is 5.89. The lowest BCUT2D eigenvalue weighted by Gasteiger charge is -2.14. The Morgan fingerprint density at radius 2 is 1.95 bits per heavy atom. The highest BCUT2D eigenvalue weighted by Gasteiger charge is 2.21. The van der Waals surface area contributed by atoms with Crippen LogP contribution < -0.4 is 11.1 Å². The van der Waals surface area contributed by atoms with E-state index < -0.39 is 6.03 Å². The number of carbonyl (C=O) groups excluding carboxylic acids is 1. The number of aliphatic hydroxyl groups is 1. The van der Waals surface area contributed by atoms with Gasteiger partial charge in [0.05, 0.1) is 18.0 Å². The number of nitrogens with one attached hydrogen (secondary N) is 1. The van der Waals surface area contributed by atoms with Gasteiger partial charge in [0.15, 0.2) is 0 Å². The van der Waals surface area contributed by atoms with Crippen molar-refractivity contribution < 1.29 is 9.90 Å². The van der Waals surface area contributed by atoms with E-state index >= 15 is 0 Å². The number of hydrogen-bond donors (Lipinski definition) is 3. The van der Waals surface area contributed by atoms with Crippen molar-refractivity contribution in [1.29, 1.82) is 0 Å². The SMILES string of the molecule is CC(C)(C)c1cc(NC(N)=O)n(-c2ccc(CO)cc2)n1. The molecule has 21 heavy (non-hydrogen) atoms. The maximum absolute atomic E-state index is 11.1. The summed E-state index contributed by atoms with van der Waals surface area (Å²) in [6.07, 6.45) is 0. The molecule has 0 unspecified atom stereocenters. The molecule has 1 aromatic carbocycles. The largest absolute Gasteiger partial charge is 0.392 e. The van der Waals surface area contributed by atoms with Gasteiger partial charge in [-0.25, -0.2) is 9.48 Å². The lowest BCUT2D eigenvalue weighted by atomic mass is 9.92. The molecule has 0 aliphatic carbocycles. The molecule has 4 N–H and O–H groups in total. The molecular formula is C15H20N4O2. The van der Waals surface area contributed by atoms with Gasteiger partial charge in [-0.05, 0) is 17.7 Å². The number of rotatable bonds is 3. The van der Waals surface area contributed by atoms with Crippen molar-refractivity contribution in [2.45, 2.75) is 32.8 Å². The molecule has 6 heteroatoms. The van der Waals surface area contributed by atoms with Gasteiger partial charge in [-0.15, -0.1) is 0 Å². The zero-order valence-corrected chi connectivity index (χ0v) is 12.4. The first-order chi connectivity index (χ1) is 9.81. The minimum Gasteiger partial charge on any atom is -0.392 e. The Morgan fingerprint density at radius 1 is 1.33 bits per heavy atom. The number of anilines is 1. The molecule has 0 saturated carbocycles. The summed E-state index contributed by atoms with van der Waals surface area (Å²) in [5.74, 6) is 0.518. The van der Waals surface area contributed by atoms with E-state index in [4.69, 9.17) is 10.8 Å². The predicted octanol–water partition coefficient (Wildman–Crippen LogP) is 2.15. The number of carbonyl (C=O) groups is 1. The summed E-state index contributed by atoms with van der Waals surface area (Å²) in [4.78, 5) is 11.1. The number of nitrogens with zero attached hydrogens (tertiary/aromatic N) is 2. The highest BCUT2D eigenvalue weighted by molar-refractivity contribution is 5.87. The van der Waals surface area contributed by atoms with Crippen molar-refractivity contribution in [2.24, 2.45) is 5.73 Å². The molecule has 112 valence electrons. The Labute approximate surface area is 123 Å². The van der Waals surface area contributed by atoms with Crippen LogP contribution >= 0.6 is 0 Å². The Morgan fingerprint density at radius 3 is 2.43 bits per heavy atom. The summed E-state index contributed by atoms with van der Waals surface area (Å²) in [6.45, 7) is 6.12. The molecule has 2 rings (SSSR count). The quantitative estimate of drug-likeness (QED) is 0.808. The fourth-order valence-corrected chi connectivity index (χ4v) is 1.90. The van der Waals surface area contributed by atoms with Crippen LogP contribution in [0, 0.1) is 0 Å². The highest BCUT2D eigenvalue weighted by atomic mass is 16.3. The minimum atomic E-state index is -0.636. The van der Waals surface area contributed by atoms with E-state index in [1.54, 1.807) is 4.68 Å². The van der Waals surface area contributed by atoms with Crippen molar-refractivity contribution in [2.75, 3.05) is 5.32 Å². The van der Waals surface area contributed by atoms with Gasteiger partial charge in [-0.2, -0.15) is 5.10 Å². The van der Waals surface area contributed by atoms with E-state index in [9.17, 15) is 4.79 Å². The average Bonchev–Trinajstić information content (AvgIpc) is 2.82. The van der Waals surface area contributed by atoms with Crippen LogP contribution in [0.2, 0.25) is 0 Å². The van der Waals surface area contributed by atoms with Crippen LogP contribution in [0.5, 0.6) is 0 Å². The normalized spacial score (nSPS) is 11.4. The molecule has 0 aliphatic heterocycles. The first-order valence-corrected chi connectivity index (χ1v) is 6.68. The Kier molecular flexibility index (Phi) is 3.99. The lowest BCUT2D eigenvalue weighted by molar-refractivity contribution is 0.259. The van der Waals surface area contributed by atoms with Gasteiger partial charge >= 0.3 is 6.03 Å². The van der Waals surface area contributed by atoms with Crippen molar-refractivity contribution >= 4 is 11.8 Å². The Balaban J connectivity index is 2.48. The fraction of sp³-hybridized carbons (Fsp3) is 0.333. The molecule has 0 saturated heterocycles. The van der Waals surface area contributed by atoms with Crippen LogP contribution in [0.3, 0.4) is 0 Å². The number of urea groups is 1. The van der Waals surface area contributed by atoms with Crippen LogP contribution in [-0.2, 0) is 12.0 Å². The number of primary amides is 1. The molecule has 2 aromatic rings. The number of benzene rings is 1. The van der Waals surface area contributed by atoms with Gasteiger partial charge in [0.1, 0.15) is 5.82 Å². The van der Waals surface area contributed by atoms with E-state index in [0.717, 1.165) is 16.9 Å². The van der Waals surface area contributed by atoms with Gasteiger partial charge in [0.2, 0.25) is 0 Å². The van der Waals surface area contributed by atoms with Crippen LogP contribution in [0.1, 0.15) is 32.0 Å². The maximum Gasteiger partial charge on any atom is 0.317 e.